The van der Waals surface area contributed by atoms with Crippen molar-refractivity contribution >= 4 is 5.96 Å². The smallest absolute Gasteiger partial charge is 0.188 e. The molecule has 1 fully saturated rings. The van der Waals surface area contributed by atoms with Crippen LogP contribution < -0.4 is 11.1 Å². The van der Waals surface area contributed by atoms with E-state index in [9.17, 15) is 0 Å². The first-order valence-electron chi connectivity index (χ1n) is 7.46. The molecule has 1 saturated carbocycles. The zero-order chi connectivity index (χ0) is 13.9. The van der Waals surface area contributed by atoms with Gasteiger partial charge in [-0.05, 0) is 32.9 Å². The summed E-state index contributed by atoms with van der Waals surface area (Å²) in [5.41, 5.74) is 5.91. The van der Waals surface area contributed by atoms with Crippen molar-refractivity contribution in [2.75, 3.05) is 40.4 Å². The molecule has 112 valence electrons. The van der Waals surface area contributed by atoms with Crippen LogP contribution in [0.5, 0.6) is 0 Å². The number of likely N-dealkylation sites (N-methyl/N-ethyl adjacent to an activating group) is 1. The second-order valence-electron chi connectivity index (χ2n) is 5.40. The van der Waals surface area contributed by atoms with Crippen molar-refractivity contribution in [2.24, 2.45) is 10.7 Å². The summed E-state index contributed by atoms with van der Waals surface area (Å²) in [6.07, 6.45) is 7.49. The quantitative estimate of drug-likeness (QED) is 0.395. The first-order valence-corrected chi connectivity index (χ1v) is 7.46. The summed E-state index contributed by atoms with van der Waals surface area (Å²) in [5.74, 6) is 0.617. The number of nitrogens with two attached hydrogens (primary N) is 1. The summed E-state index contributed by atoms with van der Waals surface area (Å²) in [6.45, 7) is 3.58. The predicted octanol–water partition coefficient (Wildman–Crippen LogP) is 1.19. The number of rotatable bonds is 8. The molecule has 1 aliphatic rings. The fourth-order valence-electron chi connectivity index (χ4n) is 2.40. The third-order valence-corrected chi connectivity index (χ3v) is 3.61. The lowest BCUT2D eigenvalue weighted by Crippen LogP contribution is -2.41. The number of guanidine groups is 1. The van der Waals surface area contributed by atoms with Gasteiger partial charge in [0.1, 0.15) is 0 Å². The average Bonchev–Trinajstić information content (AvgIpc) is 2.42. The molecule has 0 amide bonds. The molecule has 3 N–H and O–H groups in total. The summed E-state index contributed by atoms with van der Waals surface area (Å²) in [5, 5.41) is 3.34. The summed E-state index contributed by atoms with van der Waals surface area (Å²) < 4.78 is 5.04. The van der Waals surface area contributed by atoms with Crippen LogP contribution in [0.25, 0.3) is 0 Å². The van der Waals surface area contributed by atoms with Crippen molar-refractivity contribution < 1.29 is 4.74 Å². The molecular weight excluding hydrogens is 240 g/mol. The van der Waals surface area contributed by atoms with Crippen molar-refractivity contribution in [2.45, 2.75) is 44.6 Å². The Hall–Kier alpha value is -0.810. The molecule has 0 aromatic rings. The molecule has 0 aromatic heterocycles. The van der Waals surface area contributed by atoms with Crippen LogP contribution in [0.4, 0.5) is 0 Å². The van der Waals surface area contributed by atoms with E-state index in [2.05, 4.69) is 22.3 Å². The molecule has 0 bridgehead atoms. The molecule has 0 aromatic carbocycles. The van der Waals surface area contributed by atoms with E-state index >= 15 is 0 Å². The van der Waals surface area contributed by atoms with E-state index in [1.165, 1.54) is 32.1 Å². The van der Waals surface area contributed by atoms with Gasteiger partial charge >= 0.3 is 0 Å². The van der Waals surface area contributed by atoms with Gasteiger partial charge < -0.3 is 20.7 Å². The normalized spacial score (nSPS) is 17.9. The minimum absolute atomic E-state index is 0.543. The van der Waals surface area contributed by atoms with E-state index in [-0.39, 0.29) is 0 Å². The van der Waals surface area contributed by atoms with Crippen molar-refractivity contribution in [1.29, 1.82) is 0 Å². The monoisotopic (exact) mass is 270 g/mol. The van der Waals surface area contributed by atoms with Crippen LogP contribution in [-0.4, -0.2) is 57.3 Å². The fourth-order valence-corrected chi connectivity index (χ4v) is 2.40. The number of methoxy groups -OCH3 is 1. The molecule has 0 radical (unpaired) electrons. The second-order valence-corrected chi connectivity index (χ2v) is 5.40. The molecule has 1 aliphatic carbocycles. The molecular formula is C14H30N4O. The van der Waals surface area contributed by atoms with Crippen molar-refractivity contribution in [1.82, 2.24) is 10.2 Å². The van der Waals surface area contributed by atoms with Gasteiger partial charge in [-0.1, -0.05) is 19.3 Å². The Balaban J connectivity index is 2.06. The van der Waals surface area contributed by atoms with Gasteiger partial charge in [-0.15, -0.1) is 0 Å². The van der Waals surface area contributed by atoms with Crippen LogP contribution in [-0.2, 0) is 4.74 Å². The molecule has 0 atom stereocenters. The maximum atomic E-state index is 5.91. The van der Waals surface area contributed by atoms with E-state index in [1.54, 1.807) is 7.11 Å². The topological polar surface area (TPSA) is 62.9 Å². The lowest BCUT2D eigenvalue weighted by molar-refractivity contribution is 0.161. The number of aliphatic imine (C=N–C) groups is 1. The predicted molar refractivity (Wildman–Crippen MR) is 80.5 cm³/mol. The highest BCUT2D eigenvalue weighted by Crippen LogP contribution is 2.16. The van der Waals surface area contributed by atoms with E-state index < -0.39 is 0 Å². The van der Waals surface area contributed by atoms with Gasteiger partial charge in [0.25, 0.3) is 0 Å². The Morgan fingerprint density at radius 3 is 2.74 bits per heavy atom. The van der Waals surface area contributed by atoms with Crippen LogP contribution in [0.15, 0.2) is 4.99 Å². The molecule has 0 saturated heterocycles. The molecule has 0 aliphatic heterocycles. The van der Waals surface area contributed by atoms with Crippen LogP contribution in [0.1, 0.15) is 38.5 Å². The van der Waals surface area contributed by atoms with Crippen molar-refractivity contribution in [3.63, 3.8) is 0 Å². The van der Waals surface area contributed by atoms with Crippen LogP contribution in [0.2, 0.25) is 0 Å². The van der Waals surface area contributed by atoms with Crippen LogP contribution in [0, 0.1) is 0 Å². The summed E-state index contributed by atoms with van der Waals surface area (Å²) in [4.78, 5) is 6.65. The van der Waals surface area contributed by atoms with Crippen LogP contribution >= 0.6 is 0 Å². The highest BCUT2D eigenvalue weighted by Gasteiger charge is 2.12. The zero-order valence-electron chi connectivity index (χ0n) is 12.5. The number of nitrogens with one attached hydrogen (secondary N) is 1. The van der Waals surface area contributed by atoms with Gasteiger partial charge in [0.15, 0.2) is 5.96 Å². The highest BCUT2D eigenvalue weighted by atomic mass is 16.5. The maximum absolute atomic E-state index is 5.91. The van der Waals surface area contributed by atoms with Crippen molar-refractivity contribution in [3.8, 4) is 0 Å². The first kappa shape index (κ1) is 16.2. The molecule has 5 nitrogen and oxygen atoms in total. The molecule has 5 heteroatoms. The Morgan fingerprint density at radius 2 is 2.05 bits per heavy atom. The Bertz CT molecular complexity index is 252. The Morgan fingerprint density at radius 1 is 1.32 bits per heavy atom. The first-order chi connectivity index (χ1) is 9.22. The average molecular weight is 270 g/mol. The molecule has 0 spiro atoms. The van der Waals surface area contributed by atoms with Crippen LogP contribution in [0.3, 0.4) is 0 Å². The van der Waals surface area contributed by atoms with E-state index in [1.807, 2.05) is 0 Å². The van der Waals surface area contributed by atoms with Gasteiger partial charge in [-0.2, -0.15) is 0 Å². The van der Waals surface area contributed by atoms with E-state index in [0.29, 0.717) is 12.0 Å². The van der Waals surface area contributed by atoms with Gasteiger partial charge in [-0.3, -0.25) is 4.99 Å². The number of nitrogens with zero attached hydrogens (tertiary/aromatic N) is 2. The van der Waals surface area contributed by atoms with E-state index in [0.717, 1.165) is 32.7 Å². The third-order valence-electron chi connectivity index (χ3n) is 3.61. The molecule has 0 unspecified atom stereocenters. The van der Waals surface area contributed by atoms with Gasteiger partial charge in [0.05, 0.1) is 6.61 Å². The Labute approximate surface area is 117 Å². The fraction of sp³-hybridized carbons (Fsp3) is 0.929. The number of hydrogen-bond donors (Lipinski definition) is 2. The third kappa shape index (κ3) is 8.06. The van der Waals surface area contributed by atoms with Gasteiger partial charge in [0, 0.05) is 26.2 Å². The minimum Gasteiger partial charge on any atom is -0.383 e. The molecule has 0 heterocycles. The standard InChI is InChI=1S/C14H30N4O/c1-18(11-12-19-2)10-6-9-16-14(15)17-13-7-4-3-5-8-13/h13H,3-12H2,1-2H3,(H3,15,16,17). The van der Waals surface area contributed by atoms with E-state index in [4.69, 9.17) is 10.5 Å². The minimum atomic E-state index is 0.543. The highest BCUT2D eigenvalue weighted by molar-refractivity contribution is 5.78. The lowest BCUT2D eigenvalue weighted by atomic mass is 9.96. The van der Waals surface area contributed by atoms with Gasteiger partial charge in [0.2, 0.25) is 0 Å². The number of hydrogen-bond acceptors (Lipinski definition) is 3. The SMILES string of the molecule is COCCN(C)CCCN=C(N)NC1CCCCC1. The largest absolute Gasteiger partial charge is 0.383 e. The summed E-state index contributed by atoms with van der Waals surface area (Å²) in [7, 11) is 3.84. The lowest BCUT2D eigenvalue weighted by Gasteiger charge is -2.23. The summed E-state index contributed by atoms with van der Waals surface area (Å²) >= 11 is 0. The van der Waals surface area contributed by atoms with Crippen molar-refractivity contribution in [3.05, 3.63) is 0 Å². The Kier molecular flexibility index (Phi) is 8.58. The molecule has 1 rings (SSSR count). The number of ether oxygens (including phenoxy) is 1. The maximum Gasteiger partial charge on any atom is 0.188 e. The van der Waals surface area contributed by atoms with Gasteiger partial charge in [-0.25, -0.2) is 0 Å². The molecule has 19 heavy (non-hydrogen) atoms. The zero-order valence-corrected chi connectivity index (χ0v) is 12.5. The second kappa shape index (κ2) is 10.0. The summed E-state index contributed by atoms with van der Waals surface area (Å²) in [6, 6.07) is 0.543.